The summed E-state index contributed by atoms with van der Waals surface area (Å²) in [6.07, 6.45) is 2.86. The monoisotopic (exact) mass is 214 g/mol. The van der Waals surface area contributed by atoms with Crippen molar-refractivity contribution in [3.63, 3.8) is 0 Å². The standard InChI is InChI=1S/C13H27P/c1-10(2)14-12(4,5)8-11(3)9-13(14,6)7/h10-11H,8-9H2,1-7H3. The van der Waals surface area contributed by atoms with Gasteiger partial charge in [0.1, 0.15) is 0 Å². The molecule has 0 spiro atoms. The first-order chi connectivity index (χ1) is 6.17. The van der Waals surface area contributed by atoms with Crippen molar-refractivity contribution in [2.45, 2.75) is 77.3 Å². The lowest BCUT2D eigenvalue weighted by atomic mass is 9.89. The van der Waals surface area contributed by atoms with Crippen LogP contribution in [0.5, 0.6) is 0 Å². The molecule has 0 aliphatic carbocycles. The van der Waals surface area contributed by atoms with Gasteiger partial charge in [0.05, 0.1) is 0 Å². The van der Waals surface area contributed by atoms with Gasteiger partial charge in [0.15, 0.2) is 0 Å². The maximum atomic E-state index is 2.50. The Hall–Kier alpha value is 0.430. The number of hydrogen-bond donors (Lipinski definition) is 0. The predicted molar refractivity (Wildman–Crippen MR) is 68.6 cm³/mol. The Morgan fingerprint density at radius 1 is 1.00 bits per heavy atom. The molecule has 1 rings (SSSR count). The third-order valence-electron chi connectivity index (χ3n) is 3.52. The van der Waals surface area contributed by atoms with Gasteiger partial charge in [-0.05, 0) is 34.7 Å². The highest BCUT2D eigenvalue weighted by atomic mass is 31.1. The van der Waals surface area contributed by atoms with Gasteiger partial charge in [0.25, 0.3) is 0 Å². The quantitative estimate of drug-likeness (QED) is 0.547. The molecule has 0 aromatic rings. The van der Waals surface area contributed by atoms with Crippen molar-refractivity contribution in [3.8, 4) is 0 Å². The van der Waals surface area contributed by atoms with Crippen LogP contribution >= 0.6 is 7.92 Å². The Morgan fingerprint density at radius 3 is 1.64 bits per heavy atom. The molecule has 1 fully saturated rings. The minimum Gasteiger partial charge on any atom is -0.0924 e. The molecule has 1 aliphatic heterocycles. The maximum absolute atomic E-state index is 2.50. The molecular weight excluding hydrogens is 187 g/mol. The summed E-state index contributed by atoms with van der Waals surface area (Å²) in [6, 6.07) is 0. The summed E-state index contributed by atoms with van der Waals surface area (Å²) in [6.45, 7) is 17.3. The predicted octanol–water partition coefficient (Wildman–Crippen LogP) is 4.86. The minimum atomic E-state index is 0.156. The highest BCUT2D eigenvalue weighted by molar-refractivity contribution is 7.61. The van der Waals surface area contributed by atoms with E-state index in [9.17, 15) is 0 Å². The molecule has 0 aromatic carbocycles. The average molecular weight is 214 g/mol. The van der Waals surface area contributed by atoms with Crippen LogP contribution in [0.25, 0.3) is 0 Å². The molecule has 84 valence electrons. The van der Waals surface area contributed by atoms with Gasteiger partial charge in [-0.2, -0.15) is 0 Å². The van der Waals surface area contributed by atoms with Crippen molar-refractivity contribution in [2.75, 3.05) is 0 Å². The first-order valence-electron chi connectivity index (χ1n) is 5.96. The third-order valence-corrected chi connectivity index (χ3v) is 7.52. The summed E-state index contributed by atoms with van der Waals surface area (Å²) < 4.78 is 0. The largest absolute Gasteiger partial charge is 0.0924 e. The van der Waals surface area contributed by atoms with Crippen LogP contribution in [0.15, 0.2) is 0 Å². The van der Waals surface area contributed by atoms with Crippen LogP contribution in [0.3, 0.4) is 0 Å². The Bertz CT molecular complexity index is 185. The van der Waals surface area contributed by atoms with E-state index >= 15 is 0 Å². The maximum Gasteiger partial charge on any atom is -0.0141 e. The summed E-state index contributed by atoms with van der Waals surface area (Å²) in [4.78, 5) is 0. The van der Waals surface area contributed by atoms with Crippen LogP contribution in [0.1, 0.15) is 61.3 Å². The molecule has 0 unspecified atom stereocenters. The topological polar surface area (TPSA) is 0 Å². The van der Waals surface area contributed by atoms with Crippen molar-refractivity contribution >= 4 is 7.92 Å². The molecule has 0 aromatic heterocycles. The van der Waals surface area contributed by atoms with E-state index in [1.165, 1.54) is 12.8 Å². The number of rotatable bonds is 1. The molecule has 0 N–H and O–H groups in total. The highest BCUT2D eigenvalue weighted by Crippen LogP contribution is 2.69. The second-order valence-electron chi connectivity index (χ2n) is 6.60. The molecule has 0 saturated carbocycles. The summed E-state index contributed by atoms with van der Waals surface area (Å²) in [5, 5.41) is 1.18. The van der Waals surface area contributed by atoms with Crippen LogP contribution in [-0.2, 0) is 0 Å². The van der Waals surface area contributed by atoms with Crippen molar-refractivity contribution in [1.82, 2.24) is 0 Å². The molecule has 1 saturated heterocycles. The molecule has 1 aliphatic rings. The van der Waals surface area contributed by atoms with Crippen molar-refractivity contribution in [3.05, 3.63) is 0 Å². The molecule has 0 nitrogen and oxygen atoms in total. The molecule has 0 atom stereocenters. The van der Waals surface area contributed by atoms with Gasteiger partial charge in [-0.15, -0.1) is 0 Å². The van der Waals surface area contributed by atoms with Crippen molar-refractivity contribution in [2.24, 2.45) is 5.92 Å². The molecule has 0 bridgehead atoms. The van der Waals surface area contributed by atoms with Crippen LogP contribution in [-0.4, -0.2) is 16.0 Å². The van der Waals surface area contributed by atoms with E-state index in [0.29, 0.717) is 10.3 Å². The zero-order valence-corrected chi connectivity index (χ0v) is 11.9. The van der Waals surface area contributed by atoms with Gasteiger partial charge in [0, 0.05) is 0 Å². The SMILES string of the molecule is CC1CC(C)(C)P(C(C)C)C(C)(C)C1. The summed E-state index contributed by atoms with van der Waals surface area (Å²) in [5.41, 5.74) is 0.877. The van der Waals surface area contributed by atoms with E-state index in [1.54, 1.807) is 0 Å². The fourth-order valence-electron chi connectivity index (χ4n) is 4.19. The Morgan fingerprint density at radius 2 is 1.36 bits per heavy atom. The third kappa shape index (κ3) is 2.32. The summed E-state index contributed by atoms with van der Waals surface area (Å²) in [7, 11) is 0.156. The summed E-state index contributed by atoms with van der Waals surface area (Å²) >= 11 is 0. The van der Waals surface area contributed by atoms with Crippen LogP contribution in [0, 0.1) is 5.92 Å². The van der Waals surface area contributed by atoms with E-state index in [1.807, 2.05) is 0 Å². The molecule has 0 radical (unpaired) electrons. The van der Waals surface area contributed by atoms with E-state index in [0.717, 1.165) is 11.6 Å². The highest BCUT2D eigenvalue weighted by Gasteiger charge is 2.46. The fourth-order valence-corrected chi connectivity index (χ4v) is 9.64. The lowest BCUT2D eigenvalue weighted by molar-refractivity contribution is 0.357. The molecule has 1 heterocycles. The minimum absolute atomic E-state index is 0.156. The molecular formula is C13H27P. The Labute approximate surface area is 91.6 Å². The zero-order valence-electron chi connectivity index (χ0n) is 11.0. The van der Waals surface area contributed by atoms with E-state index in [-0.39, 0.29) is 7.92 Å². The van der Waals surface area contributed by atoms with Gasteiger partial charge in [-0.3, -0.25) is 0 Å². The fraction of sp³-hybridized carbons (Fsp3) is 1.00. The van der Waals surface area contributed by atoms with Gasteiger partial charge in [-0.1, -0.05) is 56.4 Å². The smallest absolute Gasteiger partial charge is 0.0141 e. The first kappa shape index (κ1) is 12.5. The van der Waals surface area contributed by atoms with Crippen LogP contribution < -0.4 is 0 Å². The Kier molecular flexibility index (Phi) is 3.37. The first-order valence-corrected chi connectivity index (χ1v) is 7.37. The normalized spacial score (nSPS) is 36.0. The lowest BCUT2D eigenvalue weighted by Crippen LogP contribution is -2.41. The number of hydrogen-bond acceptors (Lipinski definition) is 0. The summed E-state index contributed by atoms with van der Waals surface area (Å²) in [5.74, 6) is 0.914. The van der Waals surface area contributed by atoms with E-state index < -0.39 is 0 Å². The lowest BCUT2D eigenvalue weighted by Gasteiger charge is -2.54. The zero-order chi connectivity index (χ0) is 11.1. The van der Waals surface area contributed by atoms with Crippen molar-refractivity contribution < 1.29 is 0 Å². The Balaban J connectivity index is 2.97. The van der Waals surface area contributed by atoms with E-state index in [2.05, 4.69) is 48.5 Å². The van der Waals surface area contributed by atoms with Crippen LogP contribution in [0.2, 0.25) is 0 Å². The van der Waals surface area contributed by atoms with Gasteiger partial charge in [0.2, 0.25) is 0 Å². The average Bonchev–Trinajstić information content (AvgIpc) is 1.75. The van der Waals surface area contributed by atoms with Gasteiger partial charge >= 0.3 is 0 Å². The van der Waals surface area contributed by atoms with Crippen LogP contribution in [0.4, 0.5) is 0 Å². The van der Waals surface area contributed by atoms with E-state index in [4.69, 9.17) is 0 Å². The second-order valence-corrected chi connectivity index (χ2v) is 10.8. The molecule has 0 amide bonds. The van der Waals surface area contributed by atoms with Crippen molar-refractivity contribution in [1.29, 1.82) is 0 Å². The second kappa shape index (κ2) is 3.78. The van der Waals surface area contributed by atoms with Gasteiger partial charge in [-0.25, -0.2) is 0 Å². The molecule has 1 heteroatoms. The van der Waals surface area contributed by atoms with Gasteiger partial charge < -0.3 is 0 Å². The molecule has 14 heavy (non-hydrogen) atoms.